The zero-order valence-corrected chi connectivity index (χ0v) is 14.2. The van der Waals surface area contributed by atoms with Gasteiger partial charge in [0.05, 0.1) is 0 Å². The van der Waals surface area contributed by atoms with Gasteiger partial charge in [-0.15, -0.1) is 0 Å². The summed E-state index contributed by atoms with van der Waals surface area (Å²) in [6, 6.07) is 19.0. The summed E-state index contributed by atoms with van der Waals surface area (Å²) in [7, 11) is -3.01. The monoisotopic (exact) mass is 314 g/mol. The number of benzene rings is 2. The second kappa shape index (κ2) is 6.64. The highest BCUT2D eigenvalue weighted by Crippen LogP contribution is 2.60. The van der Waals surface area contributed by atoms with E-state index in [9.17, 15) is 9.67 Å². The molecule has 2 aromatic carbocycles. The van der Waals surface area contributed by atoms with Crippen molar-refractivity contribution in [3.05, 3.63) is 72.3 Å². The smallest absolute Gasteiger partial charge is 0.151 e. The zero-order chi connectivity index (χ0) is 16.2. The van der Waals surface area contributed by atoms with Crippen molar-refractivity contribution in [1.82, 2.24) is 0 Å². The molecule has 2 nitrogen and oxygen atoms in total. The normalized spacial score (nSPS) is 16.4. The maximum Gasteiger partial charge on any atom is 0.151 e. The number of hydrogen-bond acceptors (Lipinski definition) is 2. The second-order valence-corrected chi connectivity index (χ2v) is 10.1. The highest BCUT2D eigenvalue weighted by molar-refractivity contribution is 7.73. The van der Waals surface area contributed by atoms with E-state index in [1.165, 1.54) is 0 Å². The van der Waals surface area contributed by atoms with Crippen LogP contribution in [0.5, 0.6) is 0 Å². The molecule has 2 atom stereocenters. The minimum absolute atomic E-state index is 0.519. The quantitative estimate of drug-likeness (QED) is 0.843. The summed E-state index contributed by atoms with van der Waals surface area (Å²) in [5.41, 5.74) is 0.982. The molecule has 0 heterocycles. The van der Waals surface area contributed by atoms with E-state index in [-0.39, 0.29) is 0 Å². The third-order valence-corrected chi connectivity index (χ3v) is 7.74. The van der Waals surface area contributed by atoms with Gasteiger partial charge in [0.1, 0.15) is 5.85 Å². The predicted octanol–water partition coefficient (Wildman–Crippen LogP) is 4.51. The Balaban J connectivity index is 2.39. The van der Waals surface area contributed by atoms with Crippen LogP contribution < -0.4 is 5.30 Å². The van der Waals surface area contributed by atoms with E-state index in [2.05, 4.69) is 0 Å². The fourth-order valence-corrected chi connectivity index (χ4v) is 5.29. The highest BCUT2D eigenvalue weighted by atomic mass is 31.2. The molecule has 0 aliphatic rings. The largest absolute Gasteiger partial charge is 0.381 e. The van der Waals surface area contributed by atoms with Crippen LogP contribution in [0.15, 0.2) is 66.7 Å². The molecule has 0 amide bonds. The first-order valence-corrected chi connectivity index (χ1v) is 9.20. The SMILES string of the molecule is CC(C)(C)P(=O)(c1ccccc1)[C@H](O)/C=C/c1ccccc1. The highest BCUT2D eigenvalue weighted by Gasteiger charge is 2.43. The lowest BCUT2D eigenvalue weighted by Crippen LogP contribution is -2.30. The summed E-state index contributed by atoms with van der Waals surface area (Å²) >= 11 is 0. The van der Waals surface area contributed by atoms with Crippen LogP contribution in [-0.4, -0.2) is 16.1 Å². The molecule has 116 valence electrons. The molecule has 0 fully saturated rings. The van der Waals surface area contributed by atoms with E-state index in [1.807, 2.05) is 87.5 Å². The summed E-state index contributed by atoms with van der Waals surface area (Å²) in [5, 5.41) is 10.9. The molecule has 22 heavy (non-hydrogen) atoms. The fraction of sp³-hybridized carbons (Fsp3) is 0.263. The van der Waals surface area contributed by atoms with Crippen LogP contribution in [-0.2, 0) is 4.57 Å². The molecule has 2 aromatic rings. The molecule has 1 N–H and O–H groups in total. The standard InChI is InChI=1S/C19H23O2P/c1-19(2,3)22(21,17-12-8-5-9-13-17)18(20)15-14-16-10-6-4-7-11-16/h4-15,18,20H,1-3H3/b15-14+/t18-,22?/m0/s1. The van der Waals surface area contributed by atoms with Crippen LogP contribution in [0.2, 0.25) is 0 Å². The van der Waals surface area contributed by atoms with E-state index in [0.29, 0.717) is 5.30 Å². The van der Waals surface area contributed by atoms with Crippen molar-refractivity contribution in [3.8, 4) is 0 Å². The predicted molar refractivity (Wildman–Crippen MR) is 94.9 cm³/mol. The molecule has 0 saturated heterocycles. The Labute approximate surface area is 132 Å². The van der Waals surface area contributed by atoms with Crippen molar-refractivity contribution in [2.24, 2.45) is 0 Å². The van der Waals surface area contributed by atoms with Crippen molar-refractivity contribution in [3.63, 3.8) is 0 Å². The lowest BCUT2D eigenvalue weighted by molar-refractivity contribution is 0.291. The molecule has 0 saturated carbocycles. The summed E-state index contributed by atoms with van der Waals surface area (Å²) in [4.78, 5) is 0. The van der Waals surface area contributed by atoms with E-state index < -0.39 is 18.1 Å². The van der Waals surface area contributed by atoms with Gasteiger partial charge in [-0.3, -0.25) is 0 Å². The molecule has 0 aliphatic carbocycles. The van der Waals surface area contributed by atoms with Crippen molar-refractivity contribution in [1.29, 1.82) is 0 Å². The molecule has 0 spiro atoms. The Morgan fingerprint density at radius 2 is 1.45 bits per heavy atom. The average Bonchev–Trinajstić information content (AvgIpc) is 2.52. The van der Waals surface area contributed by atoms with Crippen LogP contribution in [0.1, 0.15) is 26.3 Å². The molecule has 1 unspecified atom stereocenters. The van der Waals surface area contributed by atoms with Crippen LogP contribution >= 0.6 is 7.14 Å². The lowest BCUT2D eigenvalue weighted by Gasteiger charge is -2.34. The Bertz CT molecular complexity index is 670. The van der Waals surface area contributed by atoms with Crippen molar-refractivity contribution in [2.45, 2.75) is 31.8 Å². The van der Waals surface area contributed by atoms with E-state index in [4.69, 9.17) is 0 Å². The summed E-state index contributed by atoms with van der Waals surface area (Å²) < 4.78 is 13.7. The molecular formula is C19H23O2P. The van der Waals surface area contributed by atoms with E-state index >= 15 is 0 Å². The van der Waals surface area contributed by atoms with Gasteiger partial charge in [0.25, 0.3) is 0 Å². The average molecular weight is 314 g/mol. The van der Waals surface area contributed by atoms with Crippen LogP contribution in [0.4, 0.5) is 0 Å². The van der Waals surface area contributed by atoms with Gasteiger partial charge < -0.3 is 9.67 Å². The summed E-state index contributed by atoms with van der Waals surface area (Å²) in [5.74, 6) is -1.00. The number of aliphatic hydroxyl groups is 1. The number of hydrogen-bond donors (Lipinski definition) is 1. The number of aliphatic hydroxyl groups excluding tert-OH is 1. The van der Waals surface area contributed by atoms with Crippen molar-refractivity contribution >= 4 is 18.5 Å². The van der Waals surface area contributed by atoms with Gasteiger partial charge in [-0.1, -0.05) is 87.5 Å². The Kier molecular flexibility index (Phi) is 5.05. The second-order valence-electron chi connectivity index (χ2n) is 6.35. The molecule has 0 aliphatic heterocycles. The van der Waals surface area contributed by atoms with Gasteiger partial charge in [-0.05, 0) is 11.6 Å². The zero-order valence-electron chi connectivity index (χ0n) is 13.3. The minimum Gasteiger partial charge on any atom is -0.381 e. The van der Waals surface area contributed by atoms with Gasteiger partial charge in [0.15, 0.2) is 7.14 Å². The molecular weight excluding hydrogens is 291 g/mol. The van der Waals surface area contributed by atoms with Crippen LogP contribution in [0.25, 0.3) is 6.08 Å². The first-order chi connectivity index (χ1) is 10.4. The summed E-state index contributed by atoms with van der Waals surface area (Å²) in [6.07, 6.45) is 3.47. The van der Waals surface area contributed by atoms with Gasteiger partial charge in [0, 0.05) is 10.5 Å². The third kappa shape index (κ3) is 3.40. The van der Waals surface area contributed by atoms with Gasteiger partial charge >= 0.3 is 0 Å². The maximum absolute atomic E-state index is 13.7. The van der Waals surface area contributed by atoms with E-state index in [1.54, 1.807) is 6.08 Å². The molecule has 0 aromatic heterocycles. The first-order valence-electron chi connectivity index (χ1n) is 7.42. The van der Waals surface area contributed by atoms with Crippen molar-refractivity contribution < 1.29 is 9.67 Å². The summed E-state index contributed by atoms with van der Waals surface area (Å²) in [6.45, 7) is 5.75. The van der Waals surface area contributed by atoms with Gasteiger partial charge in [0.2, 0.25) is 0 Å². The Morgan fingerprint density at radius 1 is 0.955 bits per heavy atom. The molecule has 3 heteroatoms. The Morgan fingerprint density at radius 3 is 1.95 bits per heavy atom. The maximum atomic E-state index is 13.7. The molecule has 2 rings (SSSR count). The molecule has 0 bridgehead atoms. The fourth-order valence-electron chi connectivity index (χ4n) is 2.47. The molecule has 0 radical (unpaired) electrons. The van der Waals surface area contributed by atoms with Crippen molar-refractivity contribution in [2.75, 3.05) is 0 Å². The van der Waals surface area contributed by atoms with Gasteiger partial charge in [-0.25, -0.2) is 0 Å². The lowest BCUT2D eigenvalue weighted by atomic mass is 10.2. The van der Waals surface area contributed by atoms with Crippen LogP contribution in [0.3, 0.4) is 0 Å². The van der Waals surface area contributed by atoms with E-state index in [0.717, 1.165) is 5.56 Å². The first kappa shape index (κ1) is 16.7. The number of rotatable bonds is 4. The third-order valence-electron chi connectivity index (χ3n) is 3.77. The topological polar surface area (TPSA) is 37.3 Å². The minimum atomic E-state index is -3.01. The Hall–Kier alpha value is -1.63. The van der Waals surface area contributed by atoms with Gasteiger partial charge in [-0.2, -0.15) is 0 Å². The van der Waals surface area contributed by atoms with Crippen LogP contribution in [0, 0.1) is 0 Å².